The Hall–Kier alpha value is -2.08. The number of nitrogens with one attached hydrogen (secondary N) is 1. The second-order valence-corrected chi connectivity index (χ2v) is 11.1. The van der Waals surface area contributed by atoms with Crippen molar-refractivity contribution < 1.29 is 17.7 Å². The molecule has 0 unspecified atom stereocenters. The third kappa shape index (κ3) is 4.48. The maximum atomic E-state index is 13.1. The summed E-state index contributed by atoms with van der Waals surface area (Å²) in [7, 11) is -3.68. The fraction of sp³-hybridized carbons (Fsp3) is 0.421. The van der Waals surface area contributed by atoms with E-state index in [1.165, 1.54) is 4.31 Å². The Bertz CT molecular complexity index is 1100. The van der Waals surface area contributed by atoms with Gasteiger partial charge in [-0.1, -0.05) is 18.1 Å². The number of amides is 1. The molecule has 1 N–H and O–H groups in total. The Kier molecular flexibility index (Phi) is 6.32. The SMILES string of the molecule is CCc1nc(-c2csc(S(=O)(=O)N3CCC[C@@H](C(=O)NCc4cccs4)C3)c2)no1. The van der Waals surface area contributed by atoms with Crippen LogP contribution in [-0.4, -0.2) is 41.9 Å². The second kappa shape index (κ2) is 8.96. The molecule has 0 saturated carbocycles. The van der Waals surface area contributed by atoms with E-state index >= 15 is 0 Å². The highest BCUT2D eigenvalue weighted by Gasteiger charge is 2.34. The summed E-state index contributed by atoms with van der Waals surface area (Å²) in [5.41, 5.74) is 0.615. The minimum Gasteiger partial charge on any atom is -0.351 e. The average molecular weight is 467 g/mol. The lowest BCUT2D eigenvalue weighted by molar-refractivity contribution is -0.126. The maximum Gasteiger partial charge on any atom is 0.252 e. The fourth-order valence-electron chi connectivity index (χ4n) is 3.32. The van der Waals surface area contributed by atoms with Gasteiger partial charge in [0, 0.05) is 35.3 Å². The molecule has 0 spiro atoms. The Labute approximate surface area is 183 Å². The van der Waals surface area contributed by atoms with E-state index in [9.17, 15) is 13.2 Å². The molecule has 4 heterocycles. The highest BCUT2D eigenvalue weighted by Crippen LogP contribution is 2.31. The van der Waals surface area contributed by atoms with Crippen LogP contribution in [0, 0.1) is 5.92 Å². The number of carbonyl (C=O) groups is 1. The first-order valence-corrected chi connectivity index (χ1v) is 12.9. The Balaban J connectivity index is 1.44. The summed E-state index contributed by atoms with van der Waals surface area (Å²) < 4.78 is 33.0. The van der Waals surface area contributed by atoms with Gasteiger partial charge in [-0.3, -0.25) is 4.79 Å². The molecule has 0 aromatic carbocycles. The van der Waals surface area contributed by atoms with Gasteiger partial charge in [0.25, 0.3) is 10.0 Å². The normalized spacial score (nSPS) is 17.8. The molecule has 8 nitrogen and oxygen atoms in total. The number of hydrogen-bond acceptors (Lipinski definition) is 8. The summed E-state index contributed by atoms with van der Waals surface area (Å²) in [6.07, 6.45) is 1.95. The van der Waals surface area contributed by atoms with Gasteiger partial charge in [0.15, 0.2) is 0 Å². The van der Waals surface area contributed by atoms with Crippen LogP contribution < -0.4 is 5.32 Å². The standard InChI is InChI=1S/C19H22N4O4S3/c1-2-16-21-18(22-27-16)14-9-17(29-12-14)30(25,26)23-7-3-5-13(11-23)19(24)20-10-15-6-4-8-28-15/h4,6,8-9,12-13H,2-3,5,7,10-11H2,1H3,(H,20,24)/t13-/m1/s1. The van der Waals surface area contributed by atoms with Crippen molar-refractivity contribution in [1.82, 2.24) is 19.8 Å². The van der Waals surface area contributed by atoms with E-state index in [2.05, 4.69) is 15.5 Å². The minimum absolute atomic E-state index is 0.103. The molecule has 0 aliphatic carbocycles. The van der Waals surface area contributed by atoms with E-state index < -0.39 is 10.0 Å². The van der Waals surface area contributed by atoms with E-state index in [4.69, 9.17) is 4.52 Å². The lowest BCUT2D eigenvalue weighted by Crippen LogP contribution is -2.45. The second-order valence-electron chi connectivity index (χ2n) is 7.02. The Morgan fingerprint density at radius 2 is 2.27 bits per heavy atom. The first-order valence-electron chi connectivity index (χ1n) is 9.69. The molecular formula is C19H22N4O4S3. The van der Waals surface area contributed by atoms with Crippen LogP contribution in [0.2, 0.25) is 0 Å². The van der Waals surface area contributed by atoms with E-state index in [0.717, 1.165) is 16.2 Å². The topological polar surface area (TPSA) is 105 Å². The van der Waals surface area contributed by atoms with Crippen LogP contribution in [0.25, 0.3) is 11.4 Å². The molecule has 1 aliphatic heterocycles. The third-order valence-corrected chi connectivity index (χ3v) is 9.13. The van der Waals surface area contributed by atoms with Crippen LogP contribution in [0.4, 0.5) is 0 Å². The number of rotatable bonds is 7. The first kappa shape index (κ1) is 21.2. The first-order chi connectivity index (χ1) is 14.5. The van der Waals surface area contributed by atoms with Gasteiger partial charge in [0.1, 0.15) is 4.21 Å². The molecule has 1 saturated heterocycles. The summed E-state index contributed by atoms with van der Waals surface area (Å²) >= 11 is 2.71. The van der Waals surface area contributed by atoms with Crippen LogP contribution in [0.15, 0.2) is 37.7 Å². The zero-order valence-corrected chi connectivity index (χ0v) is 18.9. The van der Waals surface area contributed by atoms with Gasteiger partial charge >= 0.3 is 0 Å². The zero-order valence-electron chi connectivity index (χ0n) is 16.4. The number of hydrogen-bond donors (Lipinski definition) is 1. The number of nitrogens with zero attached hydrogens (tertiary/aromatic N) is 3. The lowest BCUT2D eigenvalue weighted by Gasteiger charge is -2.30. The van der Waals surface area contributed by atoms with Crippen molar-refractivity contribution in [3.8, 4) is 11.4 Å². The molecular weight excluding hydrogens is 444 g/mol. The number of carbonyl (C=O) groups excluding carboxylic acids is 1. The van der Waals surface area contributed by atoms with Crippen molar-refractivity contribution in [1.29, 1.82) is 0 Å². The lowest BCUT2D eigenvalue weighted by atomic mass is 9.99. The van der Waals surface area contributed by atoms with E-state index in [1.54, 1.807) is 22.8 Å². The monoisotopic (exact) mass is 466 g/mol. The average Bonchev–Trinajstić information content (AvgIpc) is 3.53. The van der Waals surface area contributed by atoms with E-state index in [1.807, 2.05) is 24.4 Å². The van der Waals surface area contributed by atoms with Gasteiger partial charge in [0.05, 0.1) is 12.5 Å². The minimum atomic E-state index is -3.68. The predicted octanol–water partition coefficient (Wildman–Crippen LogP) is 3.14. The molecule has 30 heavy (non-hydrogen) atoms. The summed E-state index contributed by atoms with van der Waals surface area (Å²) in [4.78, 5) is 17.9. The Morgan fingerprint density at radius 1 is 1.40 bits per heavy atom. The van der Waals surface area contributed by atoms with Gasteiger partial charge in [-0.25, -0.2) is 8.42 Å². The van der Waals surface area contributed by atoms with E-state index in [0.29, 0.717) is 49.6 Å². The highest BCUT2D eigenvalue weighted by atomic mass is 32.2. The highest BCUT2D eigenvalue weighted by molar-refractivity contribution is 7.91. The molecule has 1 atom stereocenters. The number of piperidine rings is 1. The molecule has 3 aromatic rings. The molecule has 3 aromatic heterocycles. The smallest absolute Gasteiger partial charge is 0.252 e. The van der Waals surface area contributed by atoms with Crippen LogP contribution in [0.1, 0.15) is 30.5 Å². The van der Waals surface area contributed by atoms with Crippen LogP contribution in [-0.2, 0) is 27.8 Å². The van der Waals surface area contributed by atoms with Crippen molar-refractivity contribution >= 4 is 38.6 Å². The molecule has 1 amide bonds. The third-order valence-electron chi connectivity index (χ3n) is 4.97. The van der Waals surface area contributed by atoms with Crippen molar-refractivity contribution in [2.75, 3.05) is 13.1 Å². The predicted molar refractivity (Wildman–Crippen MR) is 115 cm³/mol. The summed E-state index contributed by atoms with van der Waals surface area (Å²) in [5.74, 6) is 0.438. The van der Waals surface area contributed by atoms with Crippen molar-refractivity contribution in [2.24, 2.45) is 5.92 Å². The molecule has 0 radical (unpaired) electrons. The number of thiophene rings is 2. The number of aromatic nitrogens is 2. The van der Waals surface area contributed by atoms with E-state index in [-0.39, 0.29) is 22.6 Å². The molecule has 1 fully saturated rings. The van der Waals surface area contributed by atoms with Gasteiger partial charge in [-0.15, -0.1) is 22.7 Å². The van der Waals surface area contributed by atoms with Crippen molar-refractivity contribution in [3.05, 3.63) is 39.7 Å². The van der Waals surface area contributed by atoms with Crippen LogP contribution in [0.5, 0.6) is 0 Å². The Morgan fingerprint density at radius 3 is 3.00 bits per heavy atom. The quantitative estimate of drug-likeness (QED) is 0.573. The maximum absolute atomic E-state index is 13.1. The number of aryl methyl sites for hydroxylation is 1. The molecule has 1 aliphatic rings. The molecule has 0 bridgehead atoms. The van der Waals surface area contributed by atoms with Gasteiger partial charge in [-0.2, -0.15) is 9.29 Å². The summed E-state index contributed by atoms with van der Waals surface area (Å²) in [5, 5.41) is 10.5. The largest absolute Gasteiger partial charge is 0.351 e. The van der Waals surface area contributed by atoms with Gasteiger partial charge < -0.3 is 9.84 Å². The van der Waals surface area contributed by atoms with Gasteiger partial charge in [-0.05, 0) is 30.4 Å². The fourth-order valence-corrected chi connectivity index (χ4v) is 6.80. The molecule has 11 heteroatoms. The molecule has 160 valence electrons. The summed E-state index contributed by atoms with van der Waals surface area (Å²) in [6.45, 7) is 2.98. The zero-order chi connectivity index (χ0) is 21.1. The van der Waals surface area contributed by atoms with Crippen molar-refractivity contribution in [3.63, 3.8) is 0 Å². The van der Waals surface area contributed by atoms with Gasteiger partial charge in [0.2, 0.25) is 17.6 Å². The van der Waals surface area contributed by atoms with Crippen LogP contribution in [0.3, 0.4) is 0 Å². The number of sulfonamides is 1. The summed E-state index contributed by atoms with van der Waals surface area (Å²) in [6, 6.07) is 5.48. The molecule has 4 rings (SSSR count). The van der Waals surface area contributed by atoms with Crippen molar-refractivity contribution in [2.45, 2.75) is 36.9 Å². The van der Waals surface area contributed by atoms with Crippen LogP contribution >= 0.6 is 22.7 Å².